The molecule has 0 spiro atoms. The number of thiophene rings is 1. The van der Waals surface area contributed by atoms with Gasteiger partial charge in [0.2, 0.25) is 0 Å². The van der Waals surface area contributed by atoms with Crippen molar-refractivity contribution in [2.75, 3.05) is 6.61 Å². The van der Waals surface area contributed by atoms with Crippen molar-refractivity contribution in [1.29, 1.82) is 0 Å². The molecule has 11 heteroatoms. The summed E-state index contributed by atoms with van der Waals surface area (Å²) in [4.78, 5) is 24.1. The molecule has 8 nitrogen and oxygen atoms in total. The van der Waals surface area contributed by atoms with Gasteiger partial charge in [0.05, 0.1) is 17.7 Å². The third kappa shape index (κ3) is 5.80. The van der Waals surface area contributed by atoms with Gasteiger partial charge in [-0.2, -0.15) is 0 Å². The highest BCUT2D eigenvalue weighted by atomic mass is 35.5. The molecule has 0 aliphatic rings. The van der Waals surface area contributed by atoms with Crippen LogP contribution in [0.5, 0.6) is 0 Å². The molecule has 1 rings (SSSR count). The Morgan fingerprint density at radius 1 is 1.42 bits per heavy atom. The van der Waals surface area contributed by atoms with Crippen LogP contribution in [0, 0.1) is 5.92 Å². The molecule has 2 unspecified atom stereocenters. The minimum Gasteiger partial charge on any atom is -0.394 e. The highest BCUT2D eigenvalue weighted by Gasteiger charge is 2.25. The van der Waals surface area contributed by atoms with Crippen molar-refractivity contribution in [3.63, 3.8) is 0 Å². The lowest BCUT2D eigenvalue weighted by Crippen LogP contribution is -2.45. The lowest BCUT2D eigenvalue weighted by Gasteiger charge is -2.15. The maximum absolute atomic E-state index is 13.1. The molecule has 0 aliphatic heterocycles. The fourth-order valence-electron chi connectivity index (χ4n) is 1.66. The van der Waals surface area contributed by atoms with Gasteiger partial charge in [0.25, 0.3) is 11.8 Å². The van der Waals surface area contributed by atoms with E-state index in [2.05, 4.69) is 9.08 Å². The first-order valence-corrected chi connectivity index (χ1v) is 9.85. The molecule has 0 saturated heterocycles. The van der Waals surface area contributed by atoms with E-state index in [0.717, 1.165) is 11.3 Å². The molecule has 0 saturated carbocycles. The molecule has 1 aromatic rings. The van der Waals surface area contributed by atoms with Crippen LogP contribution in [0.3, 0.4) is 0 Å². The van der Waals surface area contributed by atoms with Crippen LogP contribution in [-0.2, 0) is 19.5 Å². The Morgan fingerprint density at radius 2 is 2.04 bits per heavy atom. The van der Waals surface area contributed by atoms with Crippen LogP contribution in [0.2, 0.25) is 5.02 Å². The molecular formula is C13H21ClN4O4S2. The Hall–Kier alpha value is -1.04. The third-order valence-electron chi connectivity index (χ3n) is 2.85. The lowest BCUT2D eigenvalue weighted by molar-refractivity contribution is -0.121. The SMILES string of the molecule is CC(C)CC(N)C(=O)N=S(=O)(NC(=O)[C@H](N)CO)c1cc(Cl)cs1. The Bertz CT molecular complexity index is 713. The Labute approximate surface area is 149 Å². The Morgan fingerprint density at radius 3 is 2.50 bits per heavy atom. The molecule has 6 N–H and O–H groups in total. The van der Waals surface area contributed by atoms with E-state index in [-0.39, 0.29) is 15.1 Å². The number of aliphatic hydroxyl groups is 1. The third-order valence-corrected chi connectivity index (χ3v) is 6.46. The minimum absolute atomic E-state index is 0.0936. The highest BCUT2D eigenvalue weighted by Crippen LogP contribution is 2.25. The van der Waals surface area contributed by atoms with Gasteiger partial charge >= 0.3 is 0 Å². The first-order valence-electron chi connectivity index (χ1n) is 7.07. The van der Waals surface area contributed by atoms with Gasteiger partial charge in [-0.1, -0.05) is 25.4 Å². The van der Waals surface area contributed by atoms with Gasteiger partial charge in [0.1, 0.15) is 10.3 Å². The number of nitrogens with one attached hydrogen (secondary N) is 1. The molecule has 0 aliphatic carbocycles. The summed E-state index contributed by atoms with van der Waals surface area (Å²) < 4.78 is 18.9. The molecule has 0 fully saturated rings. The molecular weight excluding hydrogens is 376 g/mol. The van der Waals surface area contributed by atoms with Crippen molar-refractivity contribution in [3.05, 3.63) is 16.5 Å². The zero-order chi connectivity index (χ0) is 18.5. The number of halogens is 1. The smallest absolute Gasteiger partial charge is 0.272 e. The Balaban J connectivity index is 3.23. The molecule has 1 aromatic heterocycles. The van der Waals surface area contributed by atoms with Gasteiger partial charge in [0.15, 0.2) is 9.92 Å². The number of hydrogen-bond donors (Lipinski definition) is 4. The zero-order valence-electron chi connectivity index (χ0n) is 13.3. The Kier molecular flexibility index (Phi) is 7.77. The number of nitrogens with zero attached hydrogens (tertiary/aromatic N) is 1. The predicted octanol–water partition coefficient (Wildman–Crippen LogP) is 0.479. The van der Waals surface area contributed by atoms with Crippen LogP contribution >= 0.6 is 22.9 Å². The van der Waals surface area contributed by atoms with Crippen LogP contribution in [-0.4, -0.2) is 39.8 Å². The first kappa shape index (κ1) is 21.0. The van der Waals surface area contributed by atoms with Crippen molar-refractivity contribution in [2.45, 2.75) is 36.6 Å². The molecule has 3 atom stereocenters. The maximum Gasteiger partial charge on any atom is 0.272 e. The number of hydrogen-bond acceptors (Lipinski definition) is 7. The van der Waals surface area contributed by atoms with E-state index in [4.69, 9.17) is 28.2 Å². The maximum atomic E-state index is 13.1. The average Bonchev–Trinajstić information content (AvgIpc) is 2.92. The van der Waals surface area contributed by atoms with Gasteiger partial charge in [0, 0.05) is 5.38 Å². The van der Waals surface area contributed by atoms with Crippen molar-refractivity contribution < 1.29 is 18.9 Å². The van der Waals surface area contributed by atoms with E-state index in [9.17, 15) is 13.8 Å². The summed E-state index contributed by atoms with van der Waals surface area (Å²) in [5.74, 6) is -1.55. The van der Waals surface area contributed by atoms with Crippen molar-refractivity contribution in [3.8, 4) is 0 Å². The van der Waals surface area contributed by atoms with E-state index < -0.39 is 40.4 Å². The second-order valence-corrected chi connectivity index (χ2v) is 9.02. The van der Waals surface area contributed by atoms with Gasteiger partial charge in [-0.25, -0.2) is 4.21 Å². The monoisotopic (exact) mass is 396 g/mol. The first-order chi connectivity index (χ1) is 11.1. The van der Waals surface area contributed by atoms with Crippen LogP contribution in [0.1, 0.15) is 20.3 Å². The van der Waals surface area contributed by atoms with Gasteiger partial charge in [-0.05, 0) is 18.4 Å². The summed E-state index contributed by atoms with van der Waals surface area (Å²) in [6.45, 7) is 3.12. The fraction of sp³-hybridized carbons (Fsp3) is 0.538. The number of nitrogens with two attached hydrogens (primary N) is 2. The standard InChI is InChI=1S/C13H21ClN4O4S2/c1-7(2)3-9(15)12(20)17-24(22,11-4-8(14)6-23-11)18-13(21)10(16)5-19/h4,6-7,9-10,19H,3,5,15-16H2,1-2H3,(H,17,18,20,21,22)/t9?,10-,24?/m1/s1. The zero-order valence-corrected chi connectivity index (χ0v) is 15.7. The minimum atomic E-state index is -3.64. The van der Waals surface area contributed by atoms with Gasteiger partial charge in [-0.15, -0.1) is 15.7 Å². The normalized spacial score (nSPS) is 16.3. The molecule has 24 heavy (non-hydrogen) atoms. The fourth-order valence-corrected chi connectivity index (χ4v) is 4.76. The van der Waals surface area contributed by atoms with E-state index in [1.165, 1.54) is 11.4 Å². The molecule has 0 radical (unpaired) electrons. The topological polar surface area (TPSA) is 148 Å². The summed E-state index contributed by atoms with van der Waals surface area (Å²) in [6.07, 6.45) is 0.354. The van der Waals surface area contributed by atoms with E-state index >= 15 is 0 Å². The number of carbonyl (C=O) groups excluding carboxylic acids is 2. The van der Waals surface area contributed by atoms with Crippen molar-refractivity contribution in [1.82, 2.24) is 4.72 Å². The summed E-state index contributed by atoms with van der Waals surface area (Å²) in [7, 11) is -3.64. The number of aliphatic hydroxyl groups excluding tert-OH is 1. The average molecular weight is 397 g/mol. The second kappa shape index (κ2) is 8.88. The van der Waals surface area contributed by atoms with Crippen LogP contribution in [0.25, 0.3) is 0 Å². The molecule has 0 bridgehead atoms. The quantitative estimate of drug-likeness (QED) is 0.526. The molecule has 136 valence electrons. The second-order valence-electron chi connectivity index (χ2n) is 5.53. The summed E-state index contributed by atoms with van der Waals surface area (Å²) in [5.41, 5.74) is 11.2. The molecule has 2 amide bonds. The van der Waals surface area contributed by atoms with Crippen molar-refractivity contribution in [2.24, 2.45) is 21.7 Å². The molecule has 1 heterocycles. The van der Waals surface area contributed by atoms with Crippen LogP contribution in [0.15, 0.2) is 20.0 Å². The highest BCUT2D eigenvalue weighted by molar-refractivity contribution is 7.94. The van der Waals surface area contributed by atoms with Gasteiger partial charge < -0.3 is 16.6 Å². The number of rotatable bonds is 7. The van der Waals surface area contributed by atoms with E-state index in [1.807, 2.05) is 13.8 Å². The van der Waals surface area contributed by atoms with Crippen LogP contribution in [0.4, 0.5) is 0 Å². The molecule has 0 aromatic carbocycles. The van der Waals surface area contributed by atoms with E-state index in [1.54, 1.807) is 0 Å². The number of amides is 2. The van der Waals surface area contributed by atoms with Crippen LogP contribution < -0.4 is 16.2 Å². The van der Waals surface area contributed by atoms with Gasteiger partial charge in [-0.3, -0.25) is 14.3 Å². The largest absolute Gasteiger partial charge is 0.394 e. The summed E-state index contributed by atoms with van der Waals surface area (Å²) in [6, 6.07) is -0.898. The lowest BCUT2D eigenvalue weighted by atomic mass is 10.0. The van der Waals surface area contributed by atoms with Crippen molar-refractivity contribution >= 4 is 44.7 Å². The summed E-state index contributed by atoms with van der Waals surface area (Å²) >= 11 is 6.79. The van der Waals surface area contributed by atoms with E-state index in [0.29, 0.717) is 6.42 Å². The summed E-state index contributed by atoms with van der Waals surface area (Å²) in [5, 5.41) is 10.7. The predicted molar refractivity (Wildman–Crippen MR) is 93.8 cm³/mol. The number of carbonyl (C=O) groups is 2.